The molecule has 2 heterocycles. The summed E-state index contributed by atoms with van der Waals surface area (Å²) in [5.74, 6) is 1.36. The van der Waals surface area contributed by atoms with Crippen molar-refractivity contribution in [2.45, 2.75) is 20.3 Å². The van der Waals surface area contributed by atoms with Crippen LogP contribution in [-0.4, -0.2) is 54.5 Å². The molecule has 29 heavy (non-hydrogen) atoms. The maximum atomic E-state index is 12.6. The summed E-state index contributed by atoms with van der Waals surface area (Å²) in [4.78, 5) is 33.2. The quantitative estimate of drug-likeness (QED) is 0.787. The highest BCUT2D eigenvalue weighted by Gasteiger charge is 2.22. The molecule has 2 N–H and O–H groups in total. The third kappa shape index (κ3) is 5.94. The maximum Gasteiger partial charge on any atom is 0.321 e. The average molecular weight is 396 g/mol. The summed E-state index contributed by atoms with van der Waals surface area (Å²) < 4.78 is 0. The van der Waals surface area contributed by atoms with E-state index in [1.54, 1.807) is 35.4 Å². The number of urea groups is 1. The molecular formula is C22H29N5O2. The number of rotatable bonds is 6. The molecule has 1 saturated heterocycles. The van der Waals surface area contributed by atoms with Crippen molar-refractivity contribution in [2.24, 2.45) is 5.92 Å². The second-order valence-corrected chi connectivity index (χ2v) is 7.61. The number of hydrogen-bond acceptors (Lipinski definition) is 4. The topological polar surface area (TPSA) is 77.6 Å². The molecule has 1 aliphatic rings. The molecule has 0 bridgehead atoms. The van der Waals surface area contributed by atoms with Crippen LogP contribution in [0.2, 0.25) is 0 Å². The van der Waals surface area contributed by atoms with Gasteiger partial charge in [-0.1, -0.05) is 26.0 Å². The van der Waals surface area contributed by atoms with Crippen LogP contribution in [0.4, 0.5) is 16.3 Å². The Hall–Kier alpha value is -3.09. The molecule has 1 aromatic carbocycles. The Bertz CT molecular complexity index is 817. The molecule has 2 aromatic rings. The predicted molar refractivity (Wildman–Crippen MR) is 115 cm³/mol. The number of carbonyl (C=O) groups is 2. The molecule has 0 spiro atoms. The first kappa shape index (κ1) is 20.6. The monoisotopic (exact) mass is 395 g/mol. The van der Waals surface area contributed by atoms with E-state index in [9.17, 15) is 9.59 Å². The van der Waals surface area contributed by atoms with Crippen molar-refractivity contribution < 1.29 is 9.59 Å². The molecular weight excluding hydrogens is 366 g/mol. The Labute approximate surface area is 172 Å². The van der Waals surface area contributed by atoms with Crippen molar-refractivity contribution in [3.05, 3.63) is 54.2 Å². The van der Waals surface area contributed by atoms with Crippen LogP contribution in [0, 0.1) is 5.92 Å². The Morgan fingerprint density at radius 3 is 2.55 bits per heavy atom. The zero-order chi connectivity index (χ0) is 20.6. The summed E-state index contributed by atoms with van der Waals surface area (Å²) in [7, 11) is 0. The van der Waals surface area contributed by atoms with E-state index in [0.29, 0.717) is 36.8 Å². The molecule has 7 nitrogen and oxygen atoms in total. The Morgan fingerprint density at radius 2 is 1.86 bits per heavy atom. The number of amides is 3. The predicted octanol–water partition coefficient (Wildman–Crippen LogP) is 3.21. The summed E-state index contributed by atoms with van der Waals surface area (Å²) in [6, 6.07) is 12.7. The normalized spacial score (nSPS) is 14.0. The molecule has 1 aliphatic heterocycles. The molecule has 0 aliphatic carbocycles. The maximum absolute atomic E-state index is 12.6. The van der Waals surface area contributed by atoms with E-state index in [2.05, 4.69) is 34.4 Å². The summed E-state index contributed by atoms with van der Waals surface area (Å²) in [6.07, 6.45) is 2.72. The van der Waals surface area contributed by atoms with E-state index >= 15 is 0 Å². The van der Waals surface area contributed by atoms with Gasteiger partial charge in [-0.2, -0.15) is 0 Å². The highest BCUT2D eigenvalue weighted by Crippen LogP contribution is 2.15. The van der Waals surface area contributed by atoms with Crippen LogP contribution in [0.1, 0.15) is 30.6 Å². The first-order chi connectivity index (χ1) is 14.0. The van der Waals surface area contributed by atoms with E-state index in [-0.39, 0.29) is 11.9 Å². The highest BCUT2D eigenvalue weighted by atomic mass is 16.2. The largest absolute Gasteiger partial charge is 0.353 e. The number of aromatic nitrogens is 1. The fraction of sp³-hybridized carbons (Fsp3) is 0.409. The van der Waals surface area contributed by atoms with Crippen LogP contribution in [0.15, 0.2) is 48.7 Å². The number of piperazine rings is 1. The minimum absolute atomic E-state index is 0.120. The van der Waals surface area contributed by atoms with Crippen molar-refractivity contribution in [2.75, 3.05) is 42.9 Å². The summed E-state index contributed by atoms with van der Waals surface area (Å²) in [6.45, 7) is 7.62. The number of nitrogens with one attached hydrogen (secondary N) is 2. The number of benzene rings is 1. The average Bonchev–Trinajstić information content (AvgIpc) is 2.74. The standard InChI is InChI=1S/C22H29N5O2/c1-17(2)9-11-24-21(28)18-6-5-7-19(16-18)25-22(29)27-14-12-26(13-15-27)20-8-3-4-10-23-20/h3-8,10,16-17H,9,11-15H2,1-2H3,(H,24,28)(H,25,29). The number of pyridine rings is 1. The van der Waals surface area contributed by atoms with Gasteiger partial charge >= 0.3 is 6.03 Å². The fourth-order valence-electron chi connectivity index (χ4n) is 3.20. The zero-order valence-corrected chi connectivity index (χ0v) is 17.1. The molecule has 1 fully saturated rings. The Balaban J connectivity index is 1.51. The molecule has 0 saturated carbocycles. The van der Waals surface area contributed by atoms with Gasteiger partial charge in [-0.25, -0.2) is 9.78 Å². The van der Waals surface area contributed by atoms with Gasteiger partial charge in [0.1, 0.15) is 5.82 Å². The minimum Gasteiger partial charge on any atom is -0.353 e. The van der Waals surface area contributed by atoms with E-state index in [1.165, 1.54) is 0 Å². The summed E-state index contributed by atoms with van der Waals surface area (Å²) in [5, 5.41) is 5.83. The van der Waals surface area contributed by atoms with Crippen molar-refractivity contribution in [3.8, 4) is 0 Å². The molecule has 154 valence electrons. The first-order valence-corrected chi connectivity index (χ1v) is 10.1. The van der Waals surface area contributed by atoms with Crippen molar-refractivity contribution >= 4 is 23.4 Å². The van der Waals surface area contributed by atoms with E-state index in [0.717, 1.165) is 25.3 Å². The smallest absolute Gasteiger partial charge is 0.321 e. The minimum atomic E-state index is -0.150. The third-order valence-electron chi connectivity index (χ3n) is 4.92. The van der Waals surface area contributed by atoms with Gasteiger partial charge in [-0.3, -0.25) is 4.79 Å². The molecule has 0 atom stereocenters. The van der Waals surface area contributed by atoms with Crippen LogP contribution < -0.4 is 15.5 Å². The second kappa shape index (κ2) is 9.91. The van der Waals surface area contributed by atoms with E-state index in [4.69, 9.17) is 0 Å². The van der Waals surface area contributed by atoms with E-state index in [1.807, 2.05) is 18.2 Å². The Morgan fingerprint density at radius 1 is 1.07 bits per heavy atom. The van der Waals surface area contributed by atoms with Gasteiger partial charge in [-0.05, 0) is 42.7 Å². The van der Waals surface area contributed by atoms with Crippen LogP contribution in [0.25, 0.3) is 0 Å². The first-order valence-electron chi connectivity index (χ1n) is 10.1. The second-order valence-electron chi connectivity index (χ2n) is 7.61. The number of anilines is 2. The van der Waals surface area contributed by atoms with Crippen molar-refractivity contribution in [3.63, 3.8) is 0 Å². The van der Waals surface area contributed by atoms with Gasteiger partial charge < -0.3 is 20.4 Å². The highest BCUT2D eigenvalue weighted by molar-refractivity contribution is 5.96. The third-order valence-corrected chi connectivity index (χ3v) is 4.92. The molecule has 1 aromatic heterocycles. The molecule has 0 unspecified atom stereocenters. The lowest BCUT2D eigenvalue weighted by molar-refractivity contribution is 0.0952. The lowest BCUT2D eigenvalue weighted by Crippen LogP contribution is -2.50. The van der Waals surface area contributed by atoms with Gasteiger partial charge in [0.2, 0.25) is 0 Å². The van der Waals surface area contributed by atoms with Gasteiger partial charge in [0.05, 0.1) is 0 Å². The van der Waals surface area contributed by atoms with Crippen LogP contribution in [0.5, 0.6) is 0 Å². The van der Waals surface area contributed by atoms with Crippen LogP contribution >= 0.6 is 0 Å². The van der Waals surface area contributed by atoms with Gasteiger partial charge in [0.25, 0.3) is 5.91 Å². The van der Waals surface area contributed by atoms with Gasteiger partial charge in [-0.15, -0.1) is 0 Å². The number of hydrogen-bond donors (Lipinski definition) is 2. The molecule has 3 amide bonds. The van der Waals surface area contributed by atoms with Gasteiger partial charge in [0, 0.05) is 50.2 Å². The van der Waals surface area contributed by atoms with Crippen LogP contribution in [0.3, 0.4) is 0 Å². The summed E-state index contributed by atoms with van der Waals surface area (Å²) >= 11 is 0. The Kier molecular flexibility index (Phi) is 7.05. The summed E-state index contributed by atoms with van der Waals surface area (Å²) in [5.41, 5.74) is 1.17. The molecule has 7 heteroatoms. The number of carbonyl (C=O) groups excluding carboxylic acids is 2. The molecule has 3 rings (SSSR count). The van der Waals surface area contributed by atoms with Gasteiger partial charge in [0.15, 0.2) is 0 Å². The van der Waals surface area contributed by atoms with E-state index < -0.39 is 0 Å². The van der Waals surface area contributed by atoms with Crippen LogP contribution in [-0.2, 0) is 0 Å². The lowest BCUT2D eigenvalue weighted by Gasteiger charge is -2.35. The van der Waals surface area contributed by atoms with Crippen molar-refractivity contribution in [1.29, 1.82) is 0 Å². The SMILES string of the molecule is CC(C)CCNC(=O)c1cccc(NC(=O)N2CCN(c3ccccn3)CC2)c1. The van der Waals surface area contributed by atoms with Crippen molar-refractivity contribution in [1.82, 2.24) is 15.2 Å². The molecule has 0 radical (unpaired) electrons. The fourth-order valence-corrected chi connectivity index (χ4v) is 3.20. The zero-order valence-electron chi connectivity index (χ0n) is 17.1. The lowest BCUT2D eigenvalue weighted by atomic mass is 10.1. The number of nitrogens with zero attached hydrogens (tertiary/aromatic N) is 3.